The molecule has 1 N–H and O–H groups in total. The summed E-state index contributed by atoms with van der Waals surface area (Å²) in [5.74, 6) is -0.820. The zero-order valence-electron chi connectivity index (χ0n) is 25.6. The molecule has 0 aliphatic carbocycles. The van der Waals surface area contributed by atoms with E-state index >= 15 is 0 Å². The molecule has 1 atom stereocenters. The Balaban J connectivity index is 1.59. The summed E-state index contributed by atoms with van der Waals surface area (Å²) in [6.07, 6.45) is -0.858. The van der Waals surface area contributed by atoms with E-state index in [4.69, 9.17) is 14.3 Å². The first-order chi connectivity index (χ1) is 21.5. The maximum absolute atomic E-state index is 14.2. The highest BCUT2D eigenvalue weighted by Crippen LogP contribution is 2.27. The van der Waals surface area contributed by atoms with Crippen molar-refractivity contribution in [2.75, 3.05) is 6.54 Å². The summed E-state index contributed by atoms with van der Waals surface area (Å²) in [6, 6.07) is 32.6. The molecule has 10 heteroatoms. The van der Waals surface area contributed by atoms with Gasteiger partial charge < -0.3 is 14.8 Å². The van der Waals surface area contributed by atoms with Crippen molar-refractivity contribution in [3.05, 3.63) is 126 Å². The van der Waals surface area contributed by atoms with Gasteiger partial charge in [0, 0.05) is 6.54 Å². The van der Waals surface area contributed by atoms with E-state index in [1.54, 1.807) is 57.2 Å². The van der Waals surface area contributed by atoms with Crippen LogP contribution in [-0.4, -0.2) is 43.1 Å². The van der Waals surface area contributed by atoms with Crippen LogP contribution in [-0.2, 0) is 42.3 Å². The molecule has 236 valence electrons. The molecule has 1 unspecified atom stereocenters. The Morgan fingerprint density at radius 3 is 1.80 bits per heavy atom. The summed E-state index contributed by atoms with van der Waals surface area (Å²) in [5, 5.41) is 2.60. The van der Waals surface area contributed by atoms with Crippen LogP contribution in [0.3, 0.4) is 0 Å². The Morgan fingerprint density at radius 2 is 1.24 bits per heavy atom. The molecule has 0 bridgehead atoms. The van der Waals surface area contributed by atoms with Gasteiger partial charge in [0.1, 0.15) is 12.2 Å². The van der Waals surface area contributed by atoms with Crippen molar-refractivity contribution >= 4 is 22.1 Å². The number of sulfonamides is 1. The van der Waals surface area contributed by atoms with E-state index in [1.807, 2.05) is 66.7 Å². The number of esters is 1. The second kappa shape index (κ2) is 15.5. The number of nitrogens with one attached hydrogen (secondary N) is 1. The van der Waals surface area contributed by atoms with Crippen molar-refractivity contribution in [1.29, 1.82) is 0 Å². The number of benzene rings is 4. The Morgan fingerprint density at radius 1 is 0.733 bits per heavy atom. The molecule has 0 saturated heterocycles. The normalized spacial score (nSPS) is 12.4. The summed E-state index contributed by atoms with van der Waals surface area (Å²) in [4.78, 5) is 31.8. The minimum absolute atomic E-state index is 0.0574. The molecule has 45 heavy (non-hydrogen) atoms. The van der Waals surface area contributed by atoms with Gasteiger partial charge in [0.05, 0.1) is 11.5 Å². The molecule has 9 nitrogen and oxygen atoms in total. The van der Waals surface area contributed by atoms with E-state index in [0.717, 1.165) is 16.7 Å². The van der Waals surface area contributed by atoms with Gasteiger partial charge in [-0.3, -0.25) is 9.63 Å². The molecular weight excluding hydrogens is 592 g/mol. The van der Waals surface area contributed by atoms with Crippen LogP contribution in [0.2, 0.25) is 0 Å². The fraction of sp³-hybridized carbons (Fsp3) is 0.257. The van der Waals surface area contributed by atoms with Gasteiger partial charge in [0.2, 0.25) is 0 Å². The maximum Gasteiger partial charge on any atom is 0.407 e. The van der Waals surface area contributed by atoms with E-state index in [0.29, 0.717) is 10.0 Å². The van der Waals surface area contributed by atoms with Gasteiger partial charge in [-0.2, -0.15) is 0 Å². The van der Waals surface area contributed by atoms with E-state index in [2.05, 4.69) is 5.32 Å². The van der Waals surface area contributed by atoms with Crippen LogP contribution in [0.4, 0.5) is 4.79 Å². The zero-order chi connectivity index (χ0) is 32.3. The van der Waals surface area contributed by atoms with Gasteiger partial charge in [-0.05, 0) is 61.6 Å². The molecule has 0 fully saturated rings. The van der Waals surface area contributed by atoms with Crippen LogP contribution in [0, 0.1) is 0 Å². The minimum Gasteiger partial charge on any atom is -0.459 e. The van der Waals surface area contributed by atoms with Crippen LogP contribution in [0.5, 0.6) is 0 Å². The predicted octanol–water partition coefficient (Wildman–Crippen LogP) is 6.50. The molecule has 0 spiro atoms. The van der Waals surface area contributed by atoms with Crippen LogP contribution in [0.25, 0.3) is 11.1 Å². The van der Waals surface area contributed by atoms with Crippen LogP contribution >= 0.6 is 0 Å². The third-order valence-corrected chi connectivity index (χ3v) is 8.23. The number of hydrogen-bond donors (Lipinski definition) is 1. The first-order valence-electron chi connectivity index (χ1n) is 14.6. The van der Waals surface area contributed by atoms with Gasteiger partial charge in [0.25, 0.3) is 10.0 Å². The van der Waals surface area contributed by atoms with Crippen LogP contribution < -0.4 is 5.32 Å². The third kappa shape index (κ3) is 10.0. The molecule has 0 aromatic heterocycles. The van der Waals surface area contributed by atoms with E-state index in [9.17, 15) is 18.0 Å². The molecule has 4 aromatic carbocycles. The standard InChI is InChI=1S/C35H38N2O7S/c1-35(2,3)44-33(38)32(23-24-36-34(39)42-25-27-13-7-4-8-14-27)37(43-26-28-15-9-5-10-16-28)45(40,41)31-21-19-30(20-22-31)29-17-11-6-12-18-29/h4-22,32H,23-26H2,1-3H3,(H,36,39). The van der Waals surface area contributed by atoms with Crippen molar-refractivity contribution in [3.63, 3.8) is 0 Å². The van der Waals surface area contributed by atoms with Crippen molar-refractivity contribution < 1.29 is 32.3 Å². The monoisotopic (exact) mass is 630 g/mol. The molecule has 0 aliphatic rings. The zero-order valence-corrected chi connectivity index (χ0v) is 26.4. The summed E-state index contributed by atoms with van der Waals surface area (Å²) >= 11 is 0. The molecule has 0 saturated carbocycles. The van der Waals surface area contributed by atoms with E-state index in [-0.39, 0.29) is 31.1 Å². The topological polar surface area (TPSA) is 111 Å². The molecular formula is C35H38N2O7S. The lowest BCUT2D eigenvalue weighted by Crippen LogP contribution is -2.48. The number of ether oxygens (including phenoxy) is 2. The van der Waals surface area contributed by atoms with Crippen molar-refractivity contribution in [3.8, 4) is 11.1 Å². The first-order valence-corrected chi connectivity index (χ1v) is 16.0. The maximum atomic E-state index is 14.2. The van der Waals surface area contributed by atoms with Gasteiger partial charge in [0.15, 0.2) is 6.04 Å². The molecule has 0 heterocycles. The quantitative estimate of drug-likeness (QED) is 0.133. The number of carbonyl (C=O) groups excluding carboxylic acids is 2. The van der Waals surface area contributed by atoms with Crippen molar-refractivity contribution in [2.45, 2.75) is 56.9 Å². The highest BCUT2D eigenvalue weighted by Gasteiger charge is 2.40. The molecule has 1 amide bonds. The molecule has 4 aromatic rings. The largest absolute Gasteiger partial charge is 0.459 e. The van der Waals surface area contributed by atoms with Gasteiger partial charge in [-0.15, -0.1) is 0 Å². The number of alkyl carbamates (subject to hydrolysis) is 1. The number of rotatable bonds is 13. The fourth-order valence-electron chi connectivity index (χ4n) is 4.36. The summed E-state index contributed by atoms with van der Waals surface area (Å²) in [6.45, 7) is 4.90. The SMILES string of the molecule is CC(C)(C)OC(=O)C(CCNC(=O)OCc1ccccc1)N(OCc1ccccc1)S(=O)(=O)c1ccc(-c2ccccc2)cc1. The van der Waals surface area contributed by atoms with E-state index < -0.39 is 33.7 Å². The summed E-state index contributed by atoms with van der Waals surface area (Å²) in [7, 11) is -4.40. The number of hydroxylamine groups is 1. The Kier molecular flexibility index (Phi) is 11.5. The second-order valence-corrected chi connectivity index (χ2v) is 13.0. The second-order valence-electron chi connectivity index (χ2n) is 11.2. The lowest BCUT2D eigenvalue weighted by atomic mass is 10.1. The summed E-state index contributed by atoms with van der Waals surface area (Å²) in [5.41, 5.74) is 2.35. The highest BCUT2D eigenvalue weighted by atomic mass is 32.2. The average molecular weight is 631 g/mol. The lowest BCUT2D eigenvalue weighted by Gasteiger charge is -2.31. The number of carbonyl (C=O) groups is 2. The Labute approximate surface area is 264 Å². The van der Waals surface area contributed by atoms with Gasteiger partial charge in [-0.25, -0.2) is 13.2 Å². The number of hydrogen-bond acceptors (Lipinski definition) is 7. The predicted molar refractivity (Wildman–Crippen MR) is 171 cm³/mol. The fourth-order valence-corrected chi connectivity index (χ4v) is 5.76. The van der Waals surface area contributed by atoms with Gasteiger partial charge in [-0.1, -0.05) is 108 Å². The van der Waals surface area contributed by atoms with Crippen LogP contribution in [0.1, 0.15) is 38.3 Å². The minimum atomic E-state index is -4.40. The van der Waals surface area contributed by atoms with Gasteiger partial charge >= 0.3 is 12.1 Å². The summed E-state index contributed by atoms with van der Waals surface area (Å²) < 4.78 is 39.9. The van der Waals surface area contributed by atoms with Crippen LogP contribution in [0.15, 0.2) is 120 Å². The Bertz CT molecular complexity index is 1620. The molecule has 4 rings (SSSR count). The smallest absolute Gasteiger partial charge is 0.407 e. The average Bonchev–Trinajstić information content (AvgIpc) is 3.03. The molecule has 0 radical (unpaired) electrons. The lowest BCUT2D eigenvalue weighted by molar-refractivity contribution is -0.180. The first kappa shape index (κ1) is 33.4. The Hall–Kier alpha value is -4.51. The number of nitrogens with zero attached hydrogens (tertiary/aromatic N) is 1. The third-order valence-electron chi connectivity index (χ3n) is 6.53. The van der Waals surface area contributed by atoms with Crippen molar-refractivity contribution in [2.24, 2.45) is 0 Å². The highest BCUT2D eigenvalue weighted by molar-refractivity contribution is 7.89. The van der Waals surface area contributed by atoms with Crippen molar-refractivity contribution in [1.82, 2.24) is 9.79 Å². The van der Waals surface area contributed by atoms with E-state index in [1.165, 1.54) is 12.1 Å². The molecule has 0 aliphatic heterocycles. The number of amides is 1.